The molecule has 0 spiro atoms. The average molecular weight is 311 g/mol. The van der Waals surface area contributed by atoms with E-state index in [-0.39, 0.29) is 11.6 Å². The van der Waals surface area contributed by atoms with E-state index in [1.54, 1.807) is 12.1 Å². The van der Waals surface area contributed by atoms with E-state index in [1.165, 1.54) is 5.57 Å². The fraction of sp³-hybridized carbons (Fsp3) is 0.350. The average Bonchev–Trinajstić information content (AvgIpc) is 3.04. The molecule has 0 saturated heterocycles. The number of allylic oxidation sites excluding steroid dienone is 4. The van der Waals surface area contributed by atoms with Crippen molar-refractivity contribution in [1.82, 2.24) is 0 Å². The third-order valence-corrected chi connectivity index (χ3v) is 4.95. The molecule has 2 rings (SSSR count). The number of carboxylic acid groups (broad SMARTS) is 1. The third-order valence-electron chi connectivity index (χ3n) is 4.95. The van der Waals surface area contributed by atoms with Crippen molar-refractivity contribution in [3.05, 3.63) is 71.8 Å². The summed E-state index contributed by atoms with van der Waals surface area (Å²) in [4.78, 5) is 11.0. The molecule has 0 aliphatic heterocycles. The van der Waals surface area contributed by atoms with Crippen LogP contribution in [0.1, 0.15) is 48.1 Å². The first-order valence-corrected chi connectivity index (χ1v) is 8.04. The standard InChI is InChI=1S/C20H25NO2/c1-4-13(3)16(5-2)17-7-6-8-18(17)19(21)14-9-11-15(12-10-14)20(22)23/h4-5,9-12,17-19H,1-2,6-8,21H2,3H3,(H,22,23)/b16-13+. The van der Waals surface area contributed by atoms with Gasteiger partial charge in [0.05, 0.1) is 5.56 Å². The van der Waals surface area contributed by atoms with Crippen LogP contribution in [-0.4, -0.2) is 11.1 Å². The molecule has 1 saturated carbocycles. The minimum absolute atomic E-state index is 0.0992. The van der Waals surface area contributed by atoms with Gasteiger partial charge in [-0.1, -0.05) is 43.9 Å². The second-order valence-corrected chi connectivity index (χ2v) is 6.20. The van der Waals surface area contributed by atoms with E-state index < -0.39 is 5.97 Å². The lowest BCUT2D eigenvalue weighted by molar-refractivity contribution is 0.0697. The second kappa shape index (κ2) is 7.42. The number of rotatable bonds is 6. The number of nitrogens with two attached hydrogens (primary N) is 1. The highest BCUT2D eigenvalue weighted by molar-refractivity contribution is 5.87. The third kappa shape index (κ3) is 3.62. The molecule has 1 aromatic carbocycles. The topological polar surface area (TPSA) is 63.3 Å². The van der Waals surface area contributed by atoms with Crippen molar-refractivity contribution < 1.29 is 9.90 Å². The summed E-state index contributed by atoms with van der Waals surface area (Å²) in [6, 6.07) is 6.82. The summed E-state index contributed by atoms with van der Waals surface area (Å²) in [6.45, 7) is 9.89. The number of benzene rings is 1. The highest BCUT2D eigenvalue weighted by Gasteiger charge is 2.34. The Kier molecular flexibility index (Phi) is 5.56. The maximum atomic E-state index is 11.0. The van der Waals surface area contributed by atoms with Gasteiger partial charge < -0.3 is 10.8 Å². The predicted octanol–water partition coefficient (Wildman–Crippen LogP) is 4.49. The zero-order chi connectivity index (χ0) is 17.0. The van der Waals surface area contributed by atoms with Crippen molar-refractivity contribution in [1.29, 1.82) is 0 Å². The van der Waals surface area contributed by atoms with E-state index in [1.807, 2.05) is 24.3 Å². The van der Waals surface area contributed by atoms with Crippen LogP contribution in [0.15, 0.2) is 60.7 Å². The minimum atomic E-state index is -0.914. The van der Waals surface area contributed by atoms with E-state index in [9.17, 15) is 4.79 Å². The molecule has 3 N–H and O–H groups in total. The highest BCUT2D eigenvalue weighted by Crippen LogP contribution is 2.44. The molecule has 1 aromatic rings. The van der Waals surface area contributed by atoms with Crippen molar-refractivity contribution in [2.24, 2.45) is 17.6 Å². The van der Waals surface area contributed by atoms with Gasteiger partial charge in [0, 0.05) is 6.04 Å². The number of hydrogen-bond donors (Lipinski definition) is 2. The van der Waals surface area contributed by atoms with Crippen molar-refractivity contribution >= 4 is 5.97 Å². The Hall–Kier alpha value is -2.13. The molecule has 0 bridgehead atoms. The number of aromatic carboxylic acids is 1. The Morgan fingerprint density at radius 2 is 1.91 bits per heavy atom. The Bertz CT molecular complexity index is 628. The van der Waals surface area contributed by atoms with E-state index in [2.05, 4.69) is 20.1 Å². The molecule has 0 aromatic heterocycles. The van der Waals surface area contributed by atoms with Crippen LogP contribution in [0.4, 0.5) is 0 Å². The van der Waals surface area contributed by atoms with Crippen LogP contribution in [0.25, 0.3) is 0 Å². The van der Waals surface area contributed by atoms with Gasteiger partial charge in [-0.25, -0.2) is 4.79 Å². The van der Waals surface area contributed by atoms with Gasteiger partial charge in [0.2, 0.25) is 0 Å². The molecule has 0 heterocycles. The quantitative estimate of drug-likeness (QED) is 0.761. The highest BCUT2D eigenvalue weighted by atomic mass is 16.4. The van der Waals surface area contributed by atoms with Gasteiger partial charge in [0.15, 0.2) is 0 Å². The van der Waals surface area contributed by atoms with Crippen molar-refractivity contribution in [2.75, 3.05) is 0 Å². The summed E-state index contributed by atoms with van der Waals surface area (Å²) < 4.78 is 0. The molecule has 1 fully saturated rings. The second-order valence-electron chi connectivity index (χ2n) is 6.20. The molecule has 3 nitrogen and oxygen atoms in total. The van der Waals surface area contributed by atoms with Gasteiger partial charge in [-0.2, -0.15) is 0 Å². The normalized spacial score (nSPS) is 23.0. The molecule has 122 valence electrons. The molecule has 1 aliphatic rings. The zero-order valence-electron chi connectivity index (χ0n) is 13.7. The lowest BCUT2D eigenvalue weighted by Crippen LogP contribution is -2.25. The van der Waals surface area contributed by atoms with Gasteiger partial charge >= 0.3 is 5.97 Å². The molecule has 0 radical (unpaired) electrons. The van der Waals surface area contributed by atoms with Gasteiger partial charge in [0.1, 0.15) is 0 Å². The first-order valence-electron chi connectivity index (χ1n) is 8.04. The molecule has 0 amide bonds. The van der Waals surface area contributed by atoms with Crippen LogP contribution in [0.3, 0.4) is 0 Å². The number of carboxylic acids is 1. The van der Waals surface area contributed by atoms with Crippen molar-refractivity contribution in [2.45, 2.75) is 32.2 Å². The molecule has 1 aliphatic carbocycles. The van der Waals surface area contributed by atoms with E-state index in [4.69, 9.17) is 10.8 Å². The van der Waals surface area contributed by atoms with E-state index >= 15 is 0 Å². The lowest BCUT2D eigenvalue weighted by atomic mass is 9.80. The number of hydrogen-bond acceptors (Lipinski definition) is 2. The molecule has 3 unspecified atom stereocenters. The summed E-state index contributed by atoms with van der Waals surface area (Å²) in [6.07, 6.45) is 7.14. The van der Waals surface area contributed by atoms with Crippen LogP contribution in [0.2, 0.25) is 0 Å². The Morgan fingerprint density at radius 1 is 1.26 bits per heavy atom. The largest absolute Gasteiger partial charge is 0.478 e. The van der Waals surface area contributed by atoms with Crippen molar-refractivity contribution in [3.63, 3.8) is 0 Å². The van der Waals surface area contributed by atoms with Crippen LogP contribution in [-0.2, 0) is 0 Å². The Labute approximate surface area is 138 Å². The molecular formula is C20H25NO2. The molecule has 3 atom stereocenters. The van der Waals surface area contributed by atoms with Crippen LogP contribution < -0.4 is 5.73 Å². The summed E-state index contributed by atoms with van der Waals surface area (Å²) in [5, 5.41) is 9.00. The summed E-state index contributed by atoms with van der Waals surface area (Å²) in [7, 11) is 0. The fourth-order valence-corrected chi connectivity index (χ4v) is 3.62. The maximum absolute atomic E-state index is 11.0. The monoisotopic (exact) mass is 311 g/mol. The van der Waals surface area contributed by atoms with Crippen LogP contribution in [0.5, 0.6) is 0 Å². The van der Waals surface area contributed by atoms with E-state index in [0.29, 0.717) is 11.8 Å². The first-order chi connectivity index (χ1) is 11.0. The molecule has 3 heteroatoms. The van der Waals surface area contributed by atoms with Gasteiger partial charge in [-0.15, -0.1) is 0 Å². The van der Waals surface area contributed by atoms with Crippen LogP contribution >= 0.6 is 0 Å². The smallest absolute Gasteiger partial charge is 0.335 e. The lowest BCUT2D eigenvalue weighted by Gasteiger charge is -2.28. The van der Waals surface area contributed by atoms with Crippen molar-refractivity contribution in [3.8, 4) is 0 Å². The number of carbonyl (C=O) groups is 1. The molecule has 23 heavy (non-hydrogen) atoms. The van der Waals surface area contributed by atoms with Crippen LogP contribution in [0, 0.1) is 11.8 Å². The summed E-state index contributed by atoms with van der Waals surface area (Å²) in [5.74, 6) is -0.185. The zero-order valence-corrected chi connectivity index (χ0v) is 13.7. The minimum Gasteiger partial charge on any atom is -0.478 e. The fourth-order valence-electron chi connectivity index (χ4n) is 3.62. The van der Waals surface area contributed by atoms with Gasteiger partial charge in [-0.3, -0.25) is 0 Å². The Morgan fingerprint density at radius 3 is 2.43 bits per heavy atom. The maximum Gasteiger partial charge on any atom is 0.335 e. The summed E-state index contributed by atoms with van der Waals surface area (Å²) >= 11 is 0. The van der Waals surface area contributed by atoms with E-state index in [0.717, 1.165) is 30.4 Å². The molecular weight excluding hydrogens is 286 g/mol. The summed E-state index contributed by atoms with van der Waals surface area (Å²) in [5.41, 5.74) is 10.2. The van der Waals surface area contributed by atoms with Gasteiger partial charge in [-0.05, 0) is 60.4 Å². The SMILES string of the molecule is C=C/C(C)=C(\C=C)C1CCCC1C(N)c1ccc(C(=O)O)cc1. The van der Waals surface area contributed by atoms with Gasteiger partial charge in [0.25, 0.3) is 0 Å². The first kappa shape index (κ1) is 17.2. The Balaban J connectivity index is 2.26. The predicted molar refractivity (Wildman–Crippen MR) is 94.3 cm³/mol.